The van der Waals surface area contributed by atoms with Crippen LogP contribution in [0, 0.1) is 13.8 Å². The molecule has 6 nitrogen and oxygen atoms in total. The van der Waals surface area contributed by atoms with Crippen LogP contribution in [0.4, 0.5) is 0 Å². The zero-order chi connectivity index (χ0) is 16.7. The highest BCUT2D eigenvalue weighted by molar-refractivity contribution is 5.73. The first kappa shape index (κ1) is 17.0. The molecule has 1 aromatic rings. The molecule has 1 aromatic heterocycles. The van der Waals surface area contributed by atoms with E-state index in [4.69, 9.17) is 0 Å². The van der Waals surface area contributed by atoms with Crippen LogP contribution in [0.1, 0.15) is 50.6 Å². The number of aromatic nitrogens is 2. The van der Waals surface area contributed by atoms with Gasteiger partial charge in [0.25, 0.3) is 0 Å². The number of likely N-dealkylation sites (tertiary alicyclic amines) is 1. The highest BCUT2D eigenvalue weighted by Crippen LogP contribution is 2.26. The number of piperidine rings is 1. The summed E-state index contributed by atoms with van der Waals surface area (Å²) in [6, 6.07) is -0.625. The summed E-state index contributed by atoms with van der Waals surface area (Å²) in [5.74, 6) is -0.864. The van der Waals surface area contributed by atoms with Crippen LogP contribution >= 0.6 is 0 Å². The average Bonchev–Trinajstić information content (AvgIpc) is 2.68. The Morgan fingerprint density at radius 1 is 1.36 bits per heavy atom. The van der Waals surface area contributed by atoms with Crippen molar-refractivity contribution < 1.29 is 15.0 Å². The molecule has 1 saturated heterocycles. The summed E-state index contributed by atoms with van der Waals surface area (Å²) in [6.07, 6.45) is 0.396. The molecule has 124 valence electrons. The number of nitrogens with zero attached hydrogens (tertiary/aromatic N) is 3. The molecule has 2 heterocycles. The molecule has 1 aliphatic rings. The van der Waals surface area contributed by atoms with Gasteiger partial charge in [-0.05, 0) is 47.5 Å². The fourth-order valence-electron chi connectivity index (χ4n) is 3.20. The van der Waals surface area contributed by atoms with Gasteiger partial charge in [0.05, 0.1) is 17.3 Å². The molecular weight excluding hydrogens is 282 g/mol. The van der Waals surface area contributed by atoms with E-state index in [0.29, 0.717) is 25.9 Å². The quantitative estimate of drug-likeness (QED) is 0.888. The summed E-state index contributed by atoms with van der Waals surface area (Å²) in [4.78, 5) is 13.4. The molecule has 1 aliphatic heterocycles. The molecule has 0 amide bonds. The third-order valence-electron chi connectivity index (χ3n) is 4.41. The van der Waals surface area contributed by atoms with E-state index in [-0.39, 0.29) is 5.54 Å². The van der Waals surface area contributed by atoms with Gasteiger partial charge in [0.1, 0.15) is 6.04 Å². The van der Waals surface area contributed by atoms with Crippen molar-refractivity contribution in [3.63, 3.8) is 0 Å². The topological polar surface area (TPSA) is 78.6 Å². The van der Waals surface area contributed by atoms with Crippen LogP contribution in [0.15, 0.2) is 0 Å². The van der Waals surface area contributed by atoms with Crippen molar-refractivity contribution in [3.05, 3.63) is 17.0 Å². The molecule has 0 aliphatic carbocycles. The maximum absolute atomic E-state index is 11.5. The Morgan fingerprint density at radius 3 is 2.50 bits per heavy atom. The Bertz CT molecular complexity index is 560. The summed E-state index contributed by atoms with van der Waals surface area (Å²) >= 11 is 0. The van der Waals surface area contributed by atoms with Crippen molar-refractivity contribution in [2.24, 2.45) is 0 Å². The Balaban J connectivity index is 2.26. The third kappa shape index (κ3) is 3.33. The first-order valence-corrected chi connectivity index (χ1v) is 7.81. The fraction of sp³-hybridized carbons (Fsp3) is 0.750. The molecule has 6 heteroatoms. The second-order valence-electron chi connectivity index (χ2n) is 7.23. The van der Waals surface area contributed by atoms with E-state index in [0.717, 1.165) is 17.0 Å². The van der Waals surface area contributed by atoms with Crippen molar-refractivity contribution in [2.75, 3.05) is 6.54 Å². The Labute approximate surface area is 131 Å². The molecule has 0 unspecified atom stereocenters. The van der Waals surface area contributed by atoms with Gasteiger partial charge in [-0.3, -0.25) is 14.4 Å². The number of aliphatic hydroxyl groups excluding tert-OH is 1. The first-order chi connectivity index (χ1) is 10.1. The van der Waals surface area contributed by atoms with Crippen molar-refractivity contribution in [1.29, 1.82) is 0 Å². The van der Waals surface area contributed by atoms with E-state index in [1.807, 2.05) is 23.4 Å². The fourth-order valence-corrected chi connectivity index (χ4v) is 3.20. The van der Waals surface area contributed by atoms with E-state index >= 15 is 0 Å². The van der Waals surface area contributed by atoms with Crippen LogP contribution in [0.3, 0.4) is 0 Å². The van der Waals surface area contributed by atoms with Crippen molar-refractivity contribution in [1.82, 2.24) is 14.7 Å². The van der Waals surface area contributed by atoms with Crippen molar-refractivity contribution >= 4 is 5.97 Å². The summed E-state index contributed by atoms with van der Waals surface area (Å²) in [7, 11) is 0. The van der Waals surface area contributed by atoms with Crippen molar-refractivity contribution in [2.45, 2.75) is 71.7 Å². The van der Waals surface area contributed by atoms with Gasteiger partial charge < -0.3 is 10.2 Å². The lowest BCUT2D eigenvalue weighted by molar-refractivity contribution is -0.147. The molecule has 0 radical (unpaired) electrons. The van der Waals surface area contributed by atoms with Gasteiger partial charge in [0, 0.05) is 24.3 Å². The number of carbonyl (C=O) groups is 1. The number of aliphatic hydroxyl groups is 1. The number of aliphatic carboxylic acids is 1. The van der Waals surface area contributed by atoms with Gasteiger partial charge in [-0.2, -0.15) is 5.10 Å². The minimum absolute atomic E-state index is 0.0998. The normalized spacial score (nSPS) is 23.7. The molecule has 0 saturated carbocycles. The van der Waals surface area contributed by atoms with Crippen LogP contribution in [0.2, 0.25) is 0 Å². The molecule has 0 bridgehead atoms. The van der Waals surface area contributed by atoms with Crippen LogP contribution in [-0.2, 0) is 16.9 Å². The predicted molar refractivity (Wildman–Crippen MR) is 83.8 cm³/mol. The van der Waals surface area contributed by atoms with Gasteiger partial charge in [0.2, 0.25) is 0 Å². The van der Waals surface area contributed by atoms with Crippen LogP contribution in [0.25, 0.3) is 0 Å². The molecule has 0 spiro atoms. The lowest BCUT2D eigenvalue weighted by Crippen LogP contribution is -2.48. The van der Waals surface area contributed by atoms with Gasteiger partial charge >= 0.3 is 5.97 Å². The summed E-state index contributed by atoms with van der Waals surface area (Å²) in [5.41, 5.74) is 3.03. The van der Waals surface area contributed by atoms with Crippen molar-refractivity contribution in [3.8, 4) is 0 Å². The SMILES string of the molecule is Cc1nn(C(C)(C)C)c(C)c1CN1CC[C@@H](O)C[C@H]1C(=O)O. The Morgan fingerprint density at radius 2 is 2.00 bits per heavy atom. The van der Waals surface area contributed by atoms with Gasteiger partial charge in [-0.25, -0.2) is 0 Å². The number of carboxylic acids is 1. The highest BCUT2D eigenvalue weighted by Gasteiger charge is 2.33. The summed E-state index contributed by atoms with van der Waals surface area (Å²) in [6.45, 7) is 11.5. The number of hydrogen-bond acceptors (Lipinski definition) is 4. The number of carboxylic acid groups (broad SMARTS) is 1. The van der Waals surface area contributed by atoms with E-state index < -0.39 is 18.1 Å². The minimum Gasteiger partial charge on any atom is -0.480 e. The van der Waals surface area contributed by atoms with Gasteiger partial charge in [0.15, 0.2) is 0 Å². The number of aryl methyl sites for hydroxylation is 1. The van der Waals surface area contributed by atoms with E-state index in [1.54, 1.807) is 0 Å². The first-order valence-electron chi connectivity index (χ1n) is 7.81. The molecule has 1 fully saturated rings. The minimum atomic E-state index is -0.864. The molecule has 2 N–H and O–H groups in total. The van der Waals surface area contributed by atoms with E-state index in [2.05, 4.69) is 25.9 Å². The number of hydrogen-bond donors (Lipinski definition) is 2. The summed E-state index contributed by atoms with van der Waals surface area (Å²) in [5, 5.41) is 23.8. The van der Waals surface area contributed by atoms with Gasteiger partial charge in [-0.1, -0.05) is 0 Å². The molecule has 22 heavy (non-hydrogen) atoms. The number of rotatable bonds is 3. The average molecular weight is 309 g/mol. The Kier molecular flexibility index (Phi) is 4.63. The van der Waals surface area contributed by atoms with E-state index in [9.17, 15) is 15.0 Å². The molecule has 0 aromatic carbocycles. The molecular formula is C16H27N3O3. The largest absolute Gasteiger partial charge is 0.480 e. The van der Waals surface area contributed by atoms with Crippen LogP contribution in [0.5, 0.6) is 0 Å². The van der Waals surface area contributed by atoms with Gasteiger partial charge in [-0.15, -0.1) is 0 Å². The maximum Gasteiger partial charge on any atom is 0.321 e. The Hall–Kier alpha value is -1.40. The summed E-state index contributed by atoms with van der Waals surface area (Å²) < 4.78 is 2.01. The second-order valence-corrected chi connectivity index (χ2v) is 7.23. The predicted octanol–water partition coefficient (Wildman–Crippen LogP) is 1.66. The molecule has 2 rings (SSSR count). The smallest absolute Gasteiger partial charge is 0.321 e. The molecule has 2 atom stereocenters. The van der Waals surface area contributed by atoms with Crippen LogP contribution in [-0.4, -0.2) is 49.6 Å². The second kappa shape index (κ2) is 6.01. The maximum atomic E-state index is 11.5. The monoisotopic (exact) mass is 309 g/mol. The highest BCUT2D eigenvalue weighted by atomic mass is 16.4. The lowest BCUT2D eigenvalue weighted by Gasteiger charge is -2.35. The lowest BCUT2D eigenvalue weighted by atomic mass is 9.98. The zero-order valence-electron chi connectivity index (χ0n) is 14.1. The standard InChI is InChI=1S/C16H27N3O3/c1-10-13(11(2)19(17-10)16(3,4)5)9-18-7-6-12(20)8-14(18)15(21)22/h12,14,20H,6-9H2,1-5H3,(H,21,22)/t12-,14+/m1/s1. The van der Waals surface area contributed by atoms with E-state index in [1.165, 1.54) is 0 Å². The third-order valence-corrected chi connectivity index (χ3v) is 4.41. The zero-order valence-corrected chi connectivity index (χ0v) is 14.1. The van der Waals surface area contributed by atoms with Crippen LogP contribution < -0.4 is 0 Å².